The maximum atomic E-state index is 12.4. The fourth-order valence-corrected chi connectivity index (χ4v) is 2.75. The molecule has 0 saturated heterocycles. The standard InChI is InChI=1S/C18H21N5O3/c24-14(25)9-5-2-6-10-19-18-21-16-15(17(26)22-18)23(12-20-16)11-13-7-3-1-4-8-13/h1,3-4,7-8,12H,2,5-6,9-11H2,(H,24,25)(H2,19,21,22,26)/p-1. The molecule has 2 N–H and O–H groups in total. The first-order valence-electron chi connectivity index (χ1n) is 8.56. The van der Waals surface area contributed by atoms with E-state index >= 15 is 0 Å². The number of H-pyrrole nitrogens is 1. The number of imidazole rings is 1. The summed E-state index contributed by atoms with van der Waals surface area (Å²) in [4.78, 5) is 34.1. The molecule has 0 aliphatic rings. The summed E-state index contributed by atoms with van der Waals surface area (Å²) in [5.74, 6) is -0.659. The van der Waals surface area contributed by atoms with Gasteiger partial charge in [-0.1, -0.05) is 36.8 Å². The highest BCUT2D eigenvalue weighted by molar-refractivity contribution is 5.71. The number of aromatic nitrogens is 4. The van der Waals surface area contributed by atoms with Gasteiger partial charge in [0.2, 0.25) is 5.95 Å². The quantitative estimate of drug-likeness (QED) is 0.551. The van der Waals surface area contributed by atoms with E-state index in [2.05, 4.69) is 20.3 Å². The van der Waals surface area contributed by atoms with Crippen LogP contribution in [0.2, 0.25) is 0 Å². The number of unbranched alkanes of at least 4 members (excludes halogenated alkanes) is 2. The number of carboxylic acids is 1. The second kappa shape index (κ2) is 8.28. The topological polar surface area (TPSA) is 116 Å². The zero-order valence-electron chi connectivity index (χ0n) is 14.3. The first-order chi connectivity index (χ1) is 12.6. The van der Waals surface area contributed by atoms with Crippen molar-refractivity contribution in [2.24, 2.45) is 0 Å². The number of carbonyl (C=O) groups is 1. The molecule has 3 rings (SSSR count). The van der Waals surface area contributed by atoms with E-state index in [1.807, 2.05) is 30.3 Å². The number of hydrogen-bond acceptors (Lipinski definition) is 6. The van der Waals surface area contributed by atoms with Crippen LogP contribution in [0.15, 0.2) is 41.5 Å². The van der Waals surface area contributed by atoms with Crippen molar-refractivity contribution in [1.82, 2.24) is 19.5 Å². The van der Waals surface area contributed by atoms with Crippen molar-refractivity contribution in [2.45, 2.75) is 32.2 Å². The van der Waals surface area contributed by atoms with E-state index in [1.165, 1.54) is 0 Å². The van der Waals surface area contributed by atoms with Gasteiger partial charge < -0.3 is 19.8 Å². The Morgan fingerprint density at radius 1 is 1.19 bits per heavy atom. The van der Waals surface area contributed by atoms with Crippen LogP contribution in [-0.2, 0) is 11.3 Å². The molecule has 0 fully saturated rings. The molecule has 2 aromatic heterocycles. The minimum atomic E-state index is -1.03. The van der Waals surface area contributed by atoms with Gasteiger partial charge in [-0.3, -0.25) is 9.78 Å². The van der Waals surface area contributed by atoms with Crippen molar-refractivity contribution in [2.75, 3.05) is 11.9 Å². The second-order valence-electron chi connectivity index (χ2n) is 6.05. The summed E-state index contributed by atoms with van der Waals surface area (Å²) < 4.78 is 1.78. The number of aliphatic carboxylic acids is 1. The lowest BCUT2D eigenvalue weighted by Gasteiger charge is -2.07. The van der Waals surface area contributed by atoms with Crippen molar-refractivity contribution >= 4 is 23.1 Å². The normalized spacial score (nSPS) is 10.9. The molecule has 1 aromatic carbocycles. The Morgan fingerprint density at radius 2 is 2.00 bits per heavy atom. The van der Waals surface area contributed by atoms with Crippen LogP contribution in [-0.4, -0.2) is 32.0 Å². The highest BCUT2D eigenvalue weighted by atomic mass is 16.4. The zero-order valence-corrected chi connectivity index (χ0v) is 14.3. The van der Waals surface area contributed by atoms with Crippen molar-refractivity contribution < 1.29 is 9.90 Å². The van der Waals surface area contributed by atoms with Crippen molar-refractivity contribution in [3.63, 3.8) is 0 Å². The molecule has 0 amide bonds. The van der Waals surface area contributed by atoms with Gasteiger partial charge in [-0.2, -0.15) is 4.98 Å². The molecule has 136 valence electrons. The van der Waals surface area contributed by atoms with Gasteiger partial charge in [-0.25, -0.2) is 4.98 Å². The molecule has 0 unspecified atom stereocenters. The number of carboxylic acid groups (broad SMARTS) is 1. The number of carbonyl (C=O) groups excluding carboxylic acids is 1. The third-order valence-corrected chi connectivity index (χ3v) is 4.03. The van der Waals surface area contributed by atoms with Crippen LogP contribution in [0.4, 0.5) is 5.95 Å². The Labute approximate surface area is 149 Å². The van der Waals surface area contributed by atoms with Crippen LogP contribution in [0, 0.1) is 0 Å². The number of hydrogen-bond donors (Lipinski definition) is 2. The third kappa shape index (κ3) is 4.47. The highest BCUT2D eigenvalue weighted by Crippen LogP contribution is 2.11. The van der Waals surface area contributed by atoms with Crippen molar-refractivity contribution in [3.05, 3.63) is 52.6 Å². The molecule has 3 aromatic rings. The van der Waals surface area contributed by atoms with E-state index in [-0.39, 0.29) is 12.0 Å². The van der Waals surface area contributed by atoms with Crippen molar-refractivity contribution in [1.29, 1.82) is 0 Å². The molecule has 8 heteroatoms. The number of anilines is 1. The molecule has 0 aliphatic heterocycles. The lowest BCUT2D eigenvalue weighted by atomic mass is 10.2. The van der Waals surface area contributed by atoms with E-state index in [9.17, 15) is 14.7 Å². The molecule has 0 radical (unpaired) electrons. The van der Waals surface area contributed by atoms with Crippen LogP contribution in [0.25, 0.3) is 11.2 Å². The Morgan fingerprint density at radius 3 is 2.77 bits per heavy atom. The lowest BCUT2D eigenvalue weighted by Crippen LogP contribution is -2.21. The monoisotopic (exact) mass is 354 g/mol. The number of aromatic amines is 1. The van der Waals surface area contributed by atoms with E-state index < -0.39 is 5.97 Å². The van der Waals surface area contributed by atoms with Crippen LogP contribution >= 0.6 is 0 Å². The largest absolute Gasteiger partial charge is 0.550 e. The number of nitrogens with zero attached hydrogens (tertiary/aromatic N) is 3. The summed E-state index contributed by atoms with van der Waals surface area (Å²) in [5.41, 5.74) is 1.66. The van der Waals surface area contributed by atoms with E-state index in [1.54, 1.807) is 10.9 Å². The van der Waals surface area contributed by atoms with Gasteiger partial charge in [-0.15, -0.1) is 0 Å². The third-order valence-electron chi connectivity index (χ3n) is 4.03. The molecular formula is C18H20N5O3-. The Hall–Kier alpha value is -3.16. The molecule has 26 heavy (non-hydrogen) atoms. The predicted molar refractivity (Wildman–Crippen MR) is 95.7 cm³/mol. The zero-order chi connectivity index (χ0) is 18.4. The second-order valence-corrected chi connectivity index (χ2v) is 6.05. The molecule has 0 saturated carbocycles. The molecule has 8 nitrogen and oxygen atoms in total. The summed E-state index contributed by atoms with van der Waals surface area (Å²) in [6, 6.07) is 9.83. The Kier molecular flexibility index (Phi) is 5.62. The lowest BCUT2D eigenvalue weighted by molar-refractivity contribution is -0.305. The number of fused-ring (bicyclic) bond motifs is 1. The number of nitrogens with one attached hydrogen (secondary N) is 2. The van der Waals surface area contributed by atoms with Gasteiger partial charge in [0.15, 0.2) is 11.2 Å². The summed E-state index contributed by atoms with van der Waals surface area (Å²) in [5, 5.41) is 13.4. The molecule has 0 atom stereocenters. The minimum Gasteiger partial charge on any atom is -0.550 e. The smallest absolute Gasteiger partial charge is 0.278 e. The number of benzene rings is 1. The van der Waals surface area contributed by atoms with Gasteiger partial charge in [0.05, 0.1) is 6.33 Å². The van der Waals surface area contributed by atoms with Crippen LogP contribution in [0.3, 0.4) is 0 Å². The number of rotatable bonds is 9. The maximum absolute atomic E-state index is 12.4. The Balaban J connectivity index is 1.64. The van der Waals surface area contributed by atoms with Crippen molar-refractivity contribution in [3.8, 4) is 0 Å². The van der Waals surface area contributed by atoms with E-state index in [0.29, 0.717) is 36.6 Å². The summed E-state index contributed by atoms with van der Waals surface area (Å²) in [6.07, 6.45) is 3.80. The maximum Gasteiger partial charge on any atom is 0.278 e. The van der Waals surface area contributed by atoms with Gasteiger partial charge in [-0.05, 0) is 24.8 Å². The first-order valence-corrected chi connectivity index (χ1v) is 8.56. The molecule has 0 bridgehead atoms. The van der Waals surface area contributed by atoms with E-state index in [0.717, 1.165) is 18.4 Å². The van der Waals surface area contributed by atoms with Gasteiger partial charge in [0, 0.05) is 19.1 Å². The molecule has 0 spiro atoms. The summed E-state index contributed by atoms with van der Waals surface area (Å²) in [6.45, 7) is 1.14. The molecule has 2 heterocycles. The Bertz CT molecular complexity index is 933. The van der Waals surface area contributed by atoms with Gasteiger partial charge >= 0.3 is 0 Å². The van der Waals surface area contributed by atoms with E-state index in [4.69, 9.17) is 0 Å². The first kappa shape index (κ1) is 17.7. The van der Waals surface area contributed by atoms with Gasteiger partial charge in [0.1, 0.15) is 0 Å². The summed E-state index contributed by atoms with van der Waals surface area (Å²) >= 11 is 0. The molecule has 0 aliphatic carbocycles. The average molecular weight is 354 g/mol. The SMILES string of the molecule is O=C([O-])CCCCCNc1nc2ncn(Cc3ccccc3)c2c(=O)[nH]1. The average Bonchev–Trinajstić information content (AvgIpc) is 3.02. The van der Waals surface area contributed by atoms with Crippen LogP contribution < -0.4 is 16.0 Å². The summed E-state index contributed by atoms with van der Waals surface area (Å²) in [7, 11) is 0. The van der Waals surface area contributed by atoms with Gasteiger partial charge in [0.25, 0.3) is 5.56 Å². The fraction of sp³-hybridized carbons (Fsp3) is 0.333. The predicted octanol–water partition coefficient (Wildman–Crippen LogP) is 0.890. The molecular weight excluding hydrogens is 334 g/mol. The van der Waals surface area contributed by atoms with Crippen LogP contribution in [0.5, 0.6) is 0 Å². The highest BCUT2D eigenvalue weighted by Gasteiger charge is 2.10. The van der Waals surface area contributed by atoms with Crippen LogP contribution in [0.1, 0.15) is 31.2 Å². The fourth-order valence-electron chi connectivity index (χ4n) is 2.75. The minimum absolute atomic E-state index is 0.0693.